The number of carbonyl (C=O) groups is 1. The first-order valence-corrected chi connectivity index (χ1v) is 7.95. The van der Waals surface area contributed by atoms with E-state index in [-0.39, 0.29) is 43.6 Å². The molecule has 7 heteroatoms. The van der Waals surface area contributed by atoms with Crippen LogP contribution in [0.25, 0.3) is 0 Å². The van der Waals surface area contributed by atoms with Crippen molar-refractivity contribution in [2.24, 2.45) is 5.92 Å². The van der Waals surface area contributed by atoms with Crippen LogP contribution in [0.15, 0.2) is 18.2 Å². The number of hydrogen-bond donors (Lipinski definition) is 1. The smallest absolute Gasteiger partial charge is 0.248 e. The number of alkyl halides is 2. The number of morpholine rings is 1. The van der Waals surface area contributed by atoms with Crippen molar-refractivity contribution in [3.63, 3.8) is 0 Å². The second-order valence-electron chi connectivity index (χ2n) is 6.26. The Balaban J connectivity index is 1.63. The fourth-order valence-electron chi connectivity index (χ4n) is 3.22. The topological polar surface area (TPSA) is 68.5 Å². The highest BCUT2D eigenvalue weighted by Crippen LogP contribution is 2.37. The first kappa shape index (κ1) is 16.1. The van der Waals surface area contributed by atoms with E-state index in [1.165, 1.54) is 0 Å². The fourth-order valence-corrected chi connectivity index (χ4v) is 3.22. The van der Waals surface area contributed by atoms with E-state index in [9.17, 15) is 13.6 Å². The summed E-state index contributed by atoms with van der Waals surface area (Å²) >= 11 is 0. The maximum absolute atomic E-state index is 13.2. The fraction of sp³-hybridized carbons (Fsp3) is 0.625. The number of rotatable bonds is 2. The molecule has 5 nitrogen and oxygen atoms in total. The number of ether oxygens (including phenoxy) is 1. The largest absolute Gasteiger partial charge is 0.384 e. The van der Waals surface area contributed by atoms with Gasteiger partial charge in [0, 0.05) is 25.3 Å². The molecule has 1 aromatic heterocycles. The van der Waals surface area contributed by atoms with E-state index in [2.05, 4.69) is 4.98 Å². The summed E-state index contributed by atoms with van der Waals surface area (Å²) < 4.78 is 32.2. The lowest BCUT2D eigenvalue weighted by Crippen LogP contribution is -2.46. The maximum atomic E-state index is 13.2. The van der Waals surface area contributed by atoms with Crippen molar-refractivity contribution in [1.29, 1.82) is 0 Å². The van der Waals surface area contributed by atoms with E-state index in [0.29, 0.717) is 31.2 Å². The minimum absolute atomic E-state index is 0.0438. The van der Waals surface area contributed by atoms with Gasteiger partial charge in [-0.25, -0.2) is 13.8 Å². The minimum atomic E-state index is -2.62. The number of nitrogen functional groups attached to an aromatic ring is 1. The molecule has 0 spiro atoms. The minimum Gasteiger partial charge on any atom is -0.384 e. The molecule has 1 aromatic rings. The highest BCUT2D eigenvalue weighted by Gasteiger charge is 2.39. The van der Waals surface area contributed by atoms with Crippen LogP contribution in [0.3, 0.4) is 0 Å². The molecule has 3 rings (SSSR count). The Bertz CT molecular complexity index is 572. The lowest BCUT2D eigenvalue weighted by Gasteiger charge is -2.36. The molecule has 126 valence electrons. The highest BCUT2D eigenvalue weighted by molar-refractivity contribution is 5.79. The Morgan fingerprint density at radius 3 is 2.78 bits per heavy atom. The molecule has 2 aliphatic rings. The van der Waals surface area contributed by atoms with Crippen molar-refractivity contribution in [3.05, 3.63) is 23.9 Å². The molecule has 1 amide bonds. The number of amides is 1. The van der Waals surface area contributed by atoms with E-state index in [1.54, 1.807) is 17.0 Å². The maximum Gasteiger partial charge on any atom is 0.248 e. The van der Waals surface area contributed by atoms with Gasteiger partial charge in [0.1, 0.15) is 11.9 Å². The first-order valence-electron chi connectivity index (χ1n) is 7.95. The summed E-state index contributed by atoms with van der Waals surface area (Å²) in [7, 11) is 0. The molecule has 2 heterocycles. The van der Waals surface area contributed by atoms with Crippen LogP contribution in [-0.2, 0) is 9.53 Å². The molecule has 2 N–H and O–H groups in total. The molecule has 1 aliphatic heterocycles. The molecule has 0 radical (unpaired) electrons. The molecule has 23 heavy (non-hydrogen) atoms. The summed E-state index contributed by atoms with van der Waals surface area (Å²) in [5.41, 5.74) is 6.38. The third-order valence-corrected chi connectivity index (χ3v) is 4.57. The summed E-state index contributed by atoms with van der Waals surface area (Å²) in [5.74, 6) is -2.56. The molecule has 1 saturated heterocycles. The van der Waals surface area contributed by atoms with Gasteiger partial charge in [-0.05, 0) is 25.0 Å². The lowest BCUT2D eigenvalue weighted by molar-refractivity contribution is -0.147. The van der Waals surface area contributed by atoms with Crippen LogP contribution in [0.2, 0.25) is 0 Å². The molecule has 0 bridgehead atoms. The van der Waals surface area contributed by atoms with Crippen LogP contribution in [0.5, 0.6) is 0 Å². The number of aromatic nitrogens is 1. The molecule has 1 atom stereocenters. The Morgan fingerprint density at radius 2 is 2.09 bits per heavy atom. The average molecular weight is 325 g/mol. The van der Waals surface area contributed by atoms with Crippen molar-refractivity contribution in [1.82, 2.24) is 9.88 Å². The summed E-state index contributed by atoms with van der Waals surface area (Å²) in [6.45, 7) is 1.29. The SMILES string of the molecule is Nc1cccc([C@H]2CN(C(=O)C3CCC(F)(F)CC3)CCO2)n1. The van der Waals surface area contributed by atoms with Gasteiger partial charge < -0.3 is 15.4 Å². The monoisotopic (exact) mass is 325 g/mol. The third kappa shape index (κ3) is 3.77. The van der Waals surface area contributed by atoms with Gasteiger partial charge in [-0.2, -0.15) is 0 Å². The lowest BCUT2D eigenvalue weighted by atomic mass is 9.85. The van der Waals surface area contributed by atoms with E-state index < -0.39 is 5.92 Å². The van der Waals surface area contributed by atoms with Crippen molar-refractivity contribution in [3.8, 4) is 0 Å². The zero-order valence-corrected chi connectivity index (χ0v) is 12.9. The molecular weight excluding hydrogens is 304 g/mol. The van der Waals surface area contributed by atoms with Crippen LogP contribution in [0.1, 0.15) is 37.5 Å². The zero-order chi connectivity index (χ0) is 16.4. The number of halogens is 2. The zero-order valence-electron chi connectivity index (χ0n) is 12.9. The van der Waals surface area contributed by atoms with Gasteiger partial charge in [-0.1, -0.05) is 6.07 Å². The summed E-state index contributed by atoms with van der Waals surface area (Å²) in [6, 6.07) is 5.30. The predicted octanol–water partition coefficient (Wildman–Crippen LogP) is 2.39. The number of carbonyl (C=O) groups excluding carboxylic acids is 1. The van der Waals surface area contributed by atoms with E-state index >= 15 is 0 Å². The predicted molar refractivity (Wildman–Crippen MR) is 80.8 cm³/mol. The van der Waals surface area contributed by atoms with E-state index in [1.807, 2.05) is 6.07 Å². The van der Waals surface area contributed by atoms with Crippen molar-refractivity contribution in [2.75, 3.05) is 25.4 Å². The quantitative estimate of drug-likeness (QED) is 0.906. The first-order chi connectivity index (χ1) is 10.9. The third-order valence-electron chi connectivity index (χ3n) is 4.57. The van der Waals surface area contributed by atoms with Gasteiger partial charge >= 0.3 is 0 Å². The van der Waals surface area contributed by atoms with Crippen LogP contribution in [-0.4, -0.2) is 41.4 Å². The molecular formula is C16H21F2N3O2. The molecule has 0 unspecified atom stereocenters. The molecule has 2 fully saturated rings. The number of nitrogens with two attached hydrogens (primary N) is 1. The van der Waals surface area contributed by atoms with Crippen LogP contribution in [0.4, 0.5) is 14.6 Å². The van der Waals surface area contributed by atoms with Gasteiger partial charge in [-0.15, -0.1) is 0 Å². The van der Waals surface area contributed by atoms with Gasteiger partial charge in [0.2, 0.25) is 11.8 Å². The highest BCUT2D eigenvalue weighted by atomic mass is 19.3. The van der Waals surface area contributed by atoms with E-state index in [4.69, 9.17) is 10.5 Å². The van der Waals surface area contributed by atoms with Crippen molar-refractivity contribution in [2.45, 2.75) is 37.7 Å². The second kappa shape index (κ2) is 6.39. The number of nitrogens with zero attached hydrogens (tertiary/aromatic N) is 2. The van der Waals surface area contributed by atoms with Gasteiger partial charge in [0.15, 0.2) is 0 Å². The average Bonchev–Trinajstić information content (AvgIpc) is 2.54. The van der Waals surface area contributed by atoms with Gasteiger partial charge in [0.05, 0.1) is 18.8 Å². The van der Waals surface area contributed by atoms with Crippen LogP contribution >= 0.6 is 0 Å². The summed E-state index contributed by atoms with van der Waals surface area (Å²) in [6.07, 6.45) is -0.210. The van der Waals surface area contributed by atoms with Gasteiger partial charge in [-0.3, -0.25) is 4.79 Å². The van der Waals surface area contributed by atoms with Crippen molar-refractivity contribution >= 4 is 11.7 Å². The van der Waals surface area contributed by atoms with Gasteiger partial charge in [0.25, 0.3) is 0 Å². The van der Waals surface area contributed by atoms with Crippen LogP contribution in [0, 0.1) is 5.92 Å². The number of anilines is 1. The summed E-state index contributed by atoms with van der Waals surface area (Å²) in [4.78, 5) is 18.5. The molecule has 1 saturated carbocycles. The number of hydrogen-bond acceptors (Lipinski definition) is 4. The number of pyridine rings is 1. The Labute approximate surface area is 133 Å². The van der Waals surface area contributed by atoms with Crippen molar-refractivity contribution < 1.29 is 18.3 Å². The molecule has 0 aromatic carbocycles. The van der Waals surface area contributed by atoms with Crippen LogP contribution < -0.4 is 5.73 Å². The Kier molecular flexibility index (Phi) is 4.48. The summed E-state index contributed by atoms with van der Waals surface area (Å²) in [5, 5.41) is 0. The standard InChI is InChI=1S/C16H21F2N3O2/c17-16(18)6-4-11(5-7-16)15(22)21-8-9-23-13(10-21)12-2-1-3-14(19)20-12/h1-3,11,13H,4-10H2,(H2,19,20)/t13-/m1/s1. The Morgan fingerprint density at radius 1 is 1.35 bits per heavy atom. The normalized spacial score (nSPS) is 25.3. The molecule has 1 aliphatic carbocycles. The second-order valence-corrected chi connectivity index (χ2v) is 6.26. The van der Waals surface area contributed by atoms with E-state index in [0.717, 1.165) is 0 Å². The Hall–Kier alpha value is -1.76.